The van der Waals surface area contributed by atoms with E-state index in [2.05, 4.69) is 0 Å². The number of carbonyl (C=O) groups excluding carboxylic acids is 2. The van der Waals surface area contributed by atoms with Crippen LogP contribution in [-0.2, 0) is 14.4 Å². The van der Waals surface area contributed by atoms with Gasteiger partial charge >= 0.3 is 5.97 Å². The molecular formula is C11H18N2O4S. The van der Waals surface area contributed by atoms with Crippen LogP contribution in [0.3, 0.4) is 0 Å². The Labute approximate surface area is 110 Å². The molecule has 0 aromatic carbocycles. The van der Waals surface area contributed by atoms with E-state index < -0.39 is 16.8 Å². The quantitative estimate of drug-likeness (QED) is 0.664. The van der Waals surface area contributed by atoms with Crippen molar-refractivity contribution < 1.29 is 19.5 Å². The van der Waals surface area contributed by atoms with Crippen molar-refractivity contribution in [1.29, 1.82) is 0 Å². The van der Waals surface area contributed by atoms with E-state index in [0.29, 0.717) is 12.3 Å². The van der Waals surface area contributed by atoms with Crippen LogP contribution in [0.5, 0.6) is 0 Å². The third kappa shape index (κ3) is 3.46. The fourth-order valence-electron chi connectivity index (χ4n) is 1.66. The number of thioether (sulfide) groups is 1. The van der Waals surface area contributed by atoms with Gasteiger partial charge in [-0.2, -0.15) is 11.8 Å². The van der Waals surface area contributed by atoms with Crippen LogP contribution in [0.15, 0.2) is 0 Å². The summed E-state index contributed by atoms with van der Waals surface area (Å²) in [5, 5.41) is 8.86. The van der Waals surface area contributed by atoms with E-state index in [0.717, 1.165) is 0 Å². The molecule has 1 heterocycles. The molecule has 0 aliphatic carbocycles. The number of rotatable bonds is 6. The maximum atomic E-state index is 11.4. The Bertz CT molecular complexity index is 354. The van der Waals surface area contributed by atoms with Gasteiger partial charge in [0, 0.05) is 29.9 Å². The summed E-state index contributed by atoms with van der Waals surface area (Å²) in [5.41, 5.74) is 5.58. The standard InChI is InChI=1S/C11H18N2O4S/c1-11(2,9(12)10(16)17)18-6-5-13-7(14)3-4-8(13)15/h9H,3-6,12H2,1-2H3,(H,16,17)/t9-/m1/s1. The Morgan fingerprint density at radius 2 is 1.94 bits per heavy atom. The first-order chi connectivity index (χ1) is 8.25. The highest BCUT2D eigenvalue weighted by Gasteiger charge is 2.34. The van der Waals surface area contributed by atoms with Gasteiger partial charge in [0.2, 0.25) is 11.8 Å². The average molecular weight is 274 g/mol. The summed E-state index contributed by atoms with van der Waals surface area (Å²) in [6.07, 6.45) is 0.559. The van der Waals surface area contributed by atoms with Gasteiger partial charge in [-0.1, -0.05) is 0 Å². The van der Waals surface area contributed by atoms with Gasteiger partial charge < -0.3 is 10.8 Å². The number of hydrogen-bond donors (Lipinski definition) is 2. The fraction of sp³-hybridized carbons (Fsp3) is 0.727. The smallest absolute Gasteiger partial charge is 0.321 e. The summed E-state index contributed by atoms with van der Waals surface area (Å²) in [6.45, 7) is 3.80. The minimum absolute atomic E-state index is 0.152. The third-order valence-corrected chi connectivity index (χ3v) is 4.34. The zero-order chi connectivity index (χ0) is 13.9. The van der Waals surface area contributed by atoms with Crippen LogP contribution in [0.2, 0.25) is 0 Å². The number of carboxylic acid groups (broad SMARTS) is 1. The summed E-state index contributed by atoms with van der Waals surface area (Å²) >= 11 is 1.35. The van der Waals surface area contributed by atoms with Crippen molar-refractivity contribution in [3.05, 3.63) is 0 Å². The van der Waals surface area contributed by atoms with E-state index in [1.165, 1.54) is 16.7 Å². The molecule has 1 fully saturated rings. The van der Waals surface area contributed by atoms with Crippen molar-refractivity contribution >= 4 is 29.5 Å². The number of likely N-dealkylation sites (tertiary alicyclic amines) is 1. The number of carboxylic acids is 1. The molecule has 18 heavy (non-hydrogen) atoms. The molecule has 7 heteroatoms. The lowest BCUT2D eigenvalue weighted by Crippen LogP contribution is -2.47. The van der Waals surface area contributed by atoms with Crippen molar-refractivity contribution in [3.63, 3.8) is 0 Å². The number of aliphatic carboxylic acids is 1. The minimum Gasteiger partial charge on any atom is -0.480 e. The van der Waals surface area contributed by atoms with E-state index >= 15 is 0 Å². The molecule has 1 aliphatic rings. The van der Waals surface area contributed by atoms with Gasteiger partial charge in [-0.15, -0.1) is 0 Å². The molecule has 6 nitrogen and oxygen atoms in total. The highest BCUT2D eigenvalue weighted by atomic mass is 32.2. The predicted molar refractivity (Wildman–Crippen MR) is 68.1 cm³/mol. The summed E-state index contributed by atoms with van der Waals surface area (Å²) in [5.74, 6) is -0.867. The Kier molecular flexibility index (Phi) is 4.75. The van der Waals surface area contributed by atoms with Gasteiger partial charge in [0.15, 0.2) is 0 Å². The van der Waals surface area contributed by atoms with Crippen molar-refractivity contribution in [2.24, 2.45) is 5.73 Å². The Balaban J connectivity index is 2.44. The Hall–Kier alpha value is -1.08. The number of nitrogens with two attached hydrogens (primary N) is 1. The lowest BCUT2D eigenvalue weighted by atomic mass is 10.1. The molecule has 3 N–H and O–H groups in total. The van der Waals surface area contributed by atoms with E-state index in [1.54, 1.807) is 13.8 Å². The second-order valence-electron chi connectivity index (χ2n) is 4.71. The number of carbonyl (C=O) groups is 3. The molecule has 0 bridgehead atoms. The lowest BCUT2D eigenvalue weighted by Gasteiger charge is -2.28. The zero-order valence-electron chi connectivity index (χ0n) is 10.5. The maximum Gasteiger partial charge on any atom is 0.321 e. The topological polar surface area (TPSA) is 101 Å². The highest BCUT2D eigenvalue weighted by molar-refractivity contribution is 8.00. The number of nitrogens with zero attached hydrogens (tertiary/aromatic N) is 1. The fourth-order valence-corrected chi connectivity index (χ4v) is 2.74. The largest absolute Gasteiger partial charge is 0.480 e. The van der Waals surface area contributed by atoms with E-state index in [-0.39, 0.29) is 24.7 Å². The number of imide groups is 1. The SMILES string of the molecule is CC(C)(SCCN1C(=O)CCC1=O)[C@H](N)C(=O)O. The second-order valence-corrected chi connectivity index (χ2v) is 6.46. The van der Waals surface area contributed by atoms with Crippen molar-refractivity contribution in [2.75, 3.05) is 12.3 Å². The predicted octanol–water partition coefficient (Wildman–Crippen LogP) is 0.0591. The van der Waals surface area contributed by atoms with Crippen molar-refractivity contribution in [1.82, 2.24) is 4.90 Å². The summed E-state index contributed by atoms with van der Waals surface area (Å²) < 4.78 is -0.641. The molecule has 2 amide bonds. The summed E-state index contributed by atoms with van der Waals surface area (Å²) in [4.78, 5) is 34.8. The normalized spacial score (nSPS) is 18.3. The molecule has 0 aromatic rings. The van der Waals surface area contributed by atoms with Gasteiger partial charge in [-0.05, 0) is 13.8 Å². The van der Waals surface area contributed by atoms with E-state index in [9.17, 15) is 14.4 Å². The molecule has 1 rings (SSSR count). The van der Waals surface area contributed by atoms with E-state index in [4.69, 9.17) is 10.8 Å². The van der Waals surface area contributed by atoms with Gasteiger partial charge in [-0.3, -0.25) is 19.3 Å². The number of amides is 2. The third-order valence-electron chi connectivity index (χ3n) is 2.96. The molecule has 0 aromatic heterocycles. The van der Waals surface area contributed by atoms with Gasteiger partial charge in [0.05, 0.1) is 0 Å². The maximum absolute atomic E-state index is 11.4. The Morgan fingerprint density at radius 1 is 1.44 bits per heavy atom. The molecule has 102 valence electrons. The molecule has 1 saturated heterocycles. The van der Waals surface area contributed by atoms with Crippen LogP contribution >= 0.6 is 11.8 Å². The van der Waals surface area contributed by atoms with Crippen LogP contribution in [0.4, 0.5) is 0 Å². The first kappa shape index (κ1) is 15.0. The minimum atomic E-state index is -1.05. The van der Waals surface area contributed by atoms with E-state index in [1.807, 2.05) is 0 Å². The summed E-state index contributed by atoms with van der Waals surface area (Å²) in [7, 11) is 0. The van der Waals surface area contributed by atoms with Gasteiger partial charge in [-0.25, -0.2) is 0 Å². The lowest BCUT2D eigenvalue weighted by molar-refractivity contribution is -0.140. The molecule has 0 spiro atoms. The molecule has 0 radical (unpaired) electrons. The molecular weight excluding hydrogens is 256 g/mol. The van der Waals surface area contributed by atoms with Crippen molar-refractivity contribution in [2.45, 2.75) is 37.5 Å². The first-order valence-corrected chi connectivity index (χ1v) is 6.70. The Morgan fingerprint density at radius 3 is 2.39 bits per heavy atom. The average Bonchev–Trinajstić information content (AvgIpc) is 2.59. The molecule has 1 atom stereocenters. The zero-order valence-corrected chi connectivity index (χ0v) is 11.3. The molecule has 1 aliphatic heterocycles. The number of hydrogen-bond acceptors (Lipinski definition) is 5. The highest BCUT2D eigenvalue weighted by Crippen LogP contribution is 2.27. The van der Waals surface area contributed by atoms with Gasteiger partial charge in [0.25, 0.3) is 0 Å². The second kappa shape index (κ2) is 5.71. The van der Waals surface area contributed by atoms with Gasteiger partial charge in [0.1, 0.15) is 6.04 Å². The molecule has 0 saturated carbocycles. The van der Waals surface area contributed by atoms with Crippen LogP contribution < -0.4 is 5.73 Å². The monoisotopic (exact) mass is 274 g/mol. The first-order valence-electron chi connectivity index (χ1n) is 5.71. The summed E-state index contributed by atoms with van der Waals surface area (Å²) in [6, 6.07) is -0.979. The van der Waals surface area contributed by atoms with Crippen LogP contribution in [0.1, 0.15) is 26.7 Å². The van der Waals surface area contributed by atoms with Crippen LogP contribution in [0, 0.1) is 0 Å². The van der Waals surface area contributed by atoms with Crippen molar-refractivity contribution in [3.8, 4) is 0 Å². The van der Waals surface area contributed by atoms with Crippen LogP contribution in [0.25, 0.3) is 0 Å². The molecule has 0 unspecified atom stereocenters. The van der Waals surface area contributed by atoms with Crippen LogP contribution in [-0.4, -0.2) is 50.9 Å².